The highest BCUT2D eigenvalue weighted by atomic mass is 35.5. The molecule has 0 bridgehead atoms. The molecule has 5 heteroatoms. The van der Waals surface area contributed by atoms with Gasteiger partial charge >= 0.3 is 0 Å². The minimum atomic E-state index is 0. The summed E-state index contributed by atoms with van der Waals surface area (Å²) in [6.07, 6.45) is 3.52. The number of carbonyl (C=O) groups is 1. The number of hydrogen-bond donors (Lipinski definition) is 2. The summed E-state index contributed by atoms with van der Waals surface area (Å²) in [4.78, 5) is 11.5. The minimum absolute atomic E-state index is 0. The van der Waals surface area contributed by atoms with E-state index in [0.29, 0.717) is 6.42 Å². The van der Waals surface area contributed by atoms with Crippen molar-refractivity contribution in [2.75, 3.05) is 24.3 Å². The van der Waals surface area contributed by atoms with Crippen molar-refractivity contribution in [2.45, 2.75) is 12.8 Å². The van der Waals surface area contributed by atoms with Crippen LogP contribution in [0.1, 0.15) is 12.0 Å². The Labute approximate surface area is 113 Å². The van der Waals surface area contributed by atoms with Crippen LogP contribution in [0.5, 0.6) is 0 Å². The fourth-order valence-corrected chi connectivity index (χ4v) is 1.76. The monoisotopic (exact) mass is 274 g/mol. The Bertz CT molecular complexity index is 330. The summed E-state index contributed by atoms with van der Waals surface area (Å²) in [5.41, 5.74) is 7.29. The fourth-order valence-electron chi connectivity index (χ4n) is 1.33. The lowest BCUT2D eigenvalue weighted by Gasteiger charge is -2.04. The molecule has 0 aliphatic rings. The molecule has 0 saturated heterocycles. The first-order chi connectivity index (χ1) is 7.72. The summed E-state index contributed by atoms with van der Waals surface area (Å²) >= 11 is 1.79. The standard InChI is InChI=1S/C12H18N2OS.ClH/c1-16-8-2-7-14-12(15)9-10-3-5-11(13)6-4-10;/h3-6H,2,7-9,13H2,1H3,(H,14,15);1H. The molecule has 0 saturated carbocycles. The van der Waals surface area contributed by atoms with E-state index in [1.165, 1.54) is 0 Å². The number of halogens is 1. The van der Waals surface area contributed by atoms with Crippen LogP contribution in [0.15, 0.2) is 24.3 Å². The van der Waals surface area contributed by atoms with Gasteiger partial charge in [-0.2, -0.15) is 11.8 Å². The van der Waals surface area contributed by atoms with E-state index < -0.39 is 0 Å². The van der Waals surface area contributed by atoms with Gasteiger partial charge in [0, 0.05) is 12.2 Å². The molecule has 96 valence electrons. The van der Waals surface area contributed by atoms with E-state index in [0.717, 1.165) is 30.0 Å². The zero-order chi connectivity index (χ0) is 11.8. The van der Waals surface area contributed by atoms with Crippen molar-refractivity contribution >= 4 is 35.8 Å². The number of nitrogen functional groups attached to an aromatic ring is 1. The first kappa shape index (κ1) is 16.1. The molecular weight excluding hydrogens is 256 g/mol. The minimum Gasteiger partial charge on any atom is -0.399 e. The van der Waals surface area contributed by atoms with E-state index in [2.05, 4.69) is 11.6 Å². The van der Waals surface area contributed by atoms with Gasteiger partial charge in [-0.05, 0) is 36.1 Å². The quantitative estimate of drug-likeness (QED) is 0.617. The summed E-state index contributed by atoms with van der Waals surface area (Å²) in [6, 6.07) is 7.40. The van der Waals surface area contributed by atoms with Crippen LogP contribution < -0.4 is 11.1 Å². The van der Waals surface area contributed by atoms with Gasteiger partial charge in [-0.3, -0.25) is 4.79 Å². The van der Waals surface area contributed by atoms with Gasteiger partial charge in [0.15, 0.2) is 0 Å². The molecule has 0 spiro atoms. The number of nitrogens with two attached hydrogens (primary N) is 1. The highest BCUT2D eigenvalue weighted by molar-refractivity contribution is 7.98. The Morgan fingerprint density at radius 1 is 1.35 bits per heavy atom. The lowest BCUT2D eigenvalue weighted by atomic mass is 10.1. The number of thioether (sulfide) groups is 1. The molecule has 3 N–H and O–H groups in total. The number of nitrogens with one attached hydrogen (secondary N) is 1. The Kier molecular flexibility index (Phi) is 8.72. The molecule has 0 aromatic heterocycles. The highest BCUT2D eigenvalue weighted by Crippen LogP contribution is 2.05. The average Bonchev–Trinajstić information content (AvgIpc) is 2.28. The predicted octanol–water partition coefficient (Wildman–Crippen LogP) is 2.10. The molecule has 0 unspecified atom stereocenters. The molecule has 17 heavy (non-hydrogen) atoms. The molecule has 1 aromatic carbocycles. The van der Waals surface area contributed by atoms with Crippen LogP contribution in [0.25, 0.3) is 0 Å². The van der Waals surface area contributed by atoms with Crippen LogP contribution in [-0.4, -0.2) is 24.5 Å². The van der Waals surface area contributed by atoms with E-state index in [-0.39, 0.29) is 18.3 Å². The van der Waals surface area contributed by atoms with Crippen LogP contribution in [0.2, 0.25) is 0 Å². The first-order valence-electron chi connectivity index (χ1n) is 5.32. The number of benzene rings is 1. The Morgan fingerprint density at radius 3 is 2.59 bits per heavy atom. The van der Waals surface area contributed by atoms with Gasteiger partial charge in [-0.1, -0.05) is 12.1 Å². The summed E-state index contributed by atoms with van der Waals surface area (Å²) in [6.45, 7) is 0.759. The summed E-state index contributed by atoms with van der Waals surface area (Å²) in [5, 5.41) is 2.90. The van der Waals surface area contributed by atoms with Crippen molar-refractivity contribution in [3.63, 3.8) is 0 Å². The maximum Gasteiger partial charge on any atom is 0.224 e. The van der Waals surface area contributed by atoms with Gasteiger partial charge in [-0.15, -0.1) is 12.4 Å². The van der Waals surface area contributed by atoms with Crippen molar-refractivity contribution < 1.29 is 4.79 Å². The van der Waals surface area contributed by atoms with E-state index in [9.17, 15) is 4.79 Å². The van der Waals surface area contributed by atoms with Crippen molar-refractivity contribution in [2.24, 2.45) is 0 Å². The van der Waals surface area contributed by atoms with E-state index in [4.69, 9.17) is 5.73 Å². The third-order valence-electron chi connectivity index (χ3n) is 2.19. The number of rotatable bonds is 6. The predicted molar refractivity (Wildman–Crippen MR) is 77.8 cm³/mol. The van der Waals surface area contributed by atoms with Crippen LogP contribution in [0.4, 0.5) is 5.69 Å². The maximum atomic E-state index is 11.5. The van der Waals surface area contributed by atoms with E-state index >= 15 is 0 Å². The smallest absolute Gasteiger partial charge is 0.224 e. The van der Waals surface area contributed by atoms with Crippen molar-refractivity contribution in [3.05, 3.63) is 29.8 Å². The largest absolute Gasteiger partial charge is 0.399 e. The zero-order valence-electron chi connectivity index (χ0n) is 9.94. The van der Waals surface area contributed by atoms with Gasteiger partial charge in [0.05, 0.1) is 6.42 Å². The van der Waals surface area contributed by atoms with Gasteiger partial charge in [0.2, 0.25) is 5.91 Å². The second kappa shape index (κ2) is 9.19. The molecule has 0 aliphatic heterocycles. The Morgan fingerprint density at radius 2 is 2.00 bits per heavy atom. The molecule has 0 fully saturated rings. The molecule has 0 atom stereocenters. The molecule has 0 heterocycles. The second-order valence-electron chi connectivity index (χ2n) is 3.61. The number of hydrogen-bond acceptors (Lipinski definition) is 3. The zero-order valence-corrected chi connectivity index (χ0v) is 11.6. The molecule has 1 amide bonds. The van der Waals surface area contributed by atoms with Crippen LogP contribution in [-0.2, 0) is 11.2 Å². The first-order valence-corrected chi connectivity index (χ1v) is 6.72. The summed E-state index contributed by atoms with van der Waals surface area (Å²) in [7, 11) is 0. The van der Waals surface area contributed by atoms with Crippen LogP contribution in [0.3, 0.4) is 0 Å². The van der Waals surface area contributed by atoms with Gasteiger partial charge in [0.25, 0.3) is 0 Å². The molecule has 3 nitrogen and oxygen atoms in total. The second-order valence-corrected chi connectivity index (χ2v) is 4.60. The van der Waals surface area contributed by atoms with Crippen molar-refractivity contribution in [1.82, 2.24) is 5.32 Å². The van der Waals surface area contributed by atoms with Gasteiger partial charge < -0.3 is 11.1 Å². The molecular formula is C12H19ClN2OS. The van der Waals surface area contributed by atoms with Gasteiger partial charge in [-0.25, -0.2) is 0 Å². The molecule has 0 aliphatic carbocycles. The van der Waals surface area contributed by atoms with E-state index in [1.807, 2.05) is 24.3 Å². The number of carbonyl (C=O) groups excluding carboxylic acids is 1. The van der Waals surface area contributed by atoms with E-state index in [1.54, 1.807) is 11.8 Å². The summed E-state index contributed by atoms with van der Waals surface area (Å²) in [5.74, 6) is 1.16. The van der Waals surface area contributed by atoms with Crippen molar-refractivity contribution in [3.8, 4) is 0 Å². The third-order valence-corrected chi connectivity index (χ3v) is 2.89. The SMILES string of the molecule is CSCCCNC(=O)Cc1ccc(N)cc1.Cl. The molecule has 1 aromatic rings. The van der Waals surface area contributed by atoms with Crippen molar-refractivity contribution in [1.29, 1.82) is 0 Å². The number of amides is 1. The Hall–Kier alpha value is -0.870. The molecule has 1 rings (SSSR count). The Balaban J connectivity index is 0.00000256. The normalized spacial score (nSPS) is 9.47. The number of anilines is 1. The lowest BCUT2D eigenvalue weighted by Crippen LogP contribution is -2.26. The topological polar surface area (TPSA) is 55.1 Å². The maximum absolute atomic E-state index is 11.5. The third kappa shape index (κ3) is 7.13. The van der Waals surface area contributed by atoms with Crippen LogP contribution in [0, 0.1) is 0 Å². The average molecular weight is 275 g/mol. The van der Waals surface area contributed by atoms with Crippen LogP contribution >= 0.6 is 24.2 Å². The molecule has 0 radical (unpaired) electrons. The fraction of sp³-hybridized carbons (Fsp3) is 0.417. The summed E-state index contributed by atoms with van der Waals surface area (Å²) < 4.78 is 0. The highest BCUT2D eigenvalue weighted by Gasteiger charge is 2.01. The van der Waals surface area contributed by atoms with Gasteiger partial charge in [0.1, 0.15) is 0 Å². The lowest BCUT2D eigenvalue weighted by molar-refractivity contribution is -0.120.